The van der Waals surface area contributed by atoms with Crippen LogP contribution in [0.3, 0.4) is 0 Å². The summed E-state index contributed by atoms with van der Waals surface area (Å²) in [6.07, 6.45) is 4.47. The van der Waals surface area contributed by atoms with Crippen LogP contribution in [-0.2, 0) is 4.74 Å². The van der Waals surface area contributed by atoms with Gasteiger partial charge >= 0.3 is 0 Å². The van der Waals surface area contributed by atoms with Crippen molar-refractivity contribution < 1.29 is 4.74 Å². The summed E-state index contributed by atoms with van der Waals surface area (Å²) in [5, 5.41) is 0. The van der Waals surface area contributed by atoms with Gasteiger partial charge in [-0.3, -0.25) is 0 Å². The first-order chi connectivity index (χ1) is 5.87. The summed E-state index contributed by atoms with van der Waals surface area (Å²) < 4.78 is 5.73. The van der Waals surface area contributed by atoms with Gasteiger partial charge in [-0.1, -0.05) is 27.2 Å². The smallest absolute Gasteiger partial charge is 0.0555 e. The first kappa shape index (κ1) is 13.0. The zero-order valence-electron chi connectivity index (χ0n) is 10.2. The van der Waals surface area contributed by atoms with E-state index >= 15 is 0 Å². The molecule has 0 fully saturated rings. The first-order valence-electron chi connectivity index (χ1n) is 5.53. The third-order valence-electron chi connectivity index (χ3n) is 2.27. The Morgan fingerprint density at radius 2 is 1.69 bits per heavy atom. The Morgan fingerprint density at radius 1 is 1.15 bits per heavy atom. The fourth-order valence-electron chi connectivity index (χ4n) is 2.07. The van der Waals surface area contributed by atoms with Crippen LogP contribution < -0.4 is 0 Å². The topological polar surface area (TPSA) is 9.23 Å². The summed E-state index contributed by atoms with van der Waals surface area (Å²) in [4.78, 5) is 0. The molecule has 0 heterocycles. The molecule has 0 N–H and O–H groups in total. The van der Waals surface area contributed by atoms with Gasteiger partial charge in [-0.15, -0.1) is 0 Å². The predicted octanol–water partition coefficient (Wildman–Crippen LogP) is 4.02. The Kier molecular flexibility index (Phi) is 5.62. The second kappa shape index (κ2) is 5.64. The van der Waals surface area contributed by atoms with Crippen LogP contribution in [0.1, 0.15) is 60.8 Å². The lowest BCUT2D eigenvalue weighted by atomic mass is 9.83. The lowest BCUT2D eigenvalue weighted by Gasteiger charge is -2.28. The second-order valence-electron chi connectivity index (χ2n) is 5.11. The summed E-state index contributed by atoms with van der Waals surface area (Å²) in [5.41, 5.74) is 0.434. The van der Waals surface area contributed by atoms with Gasteiger partial charge in [0.1, 0.15) is 0 Å². The quantitative estimate of drug-likeness (QED) is 0.609. The average Bonchev–Trinajstić information content (AvgIpc) is 1.81. The van der Waals surface area contributed by atoms with Gasteiger partial charge in [0.15, 0.2) is 0 Å². The van der Waals surface area contributed by atoms with E-state index in [2.05, 4.69) is 41.5 Å². The van der Waals surface area contributed by atoms with Crippen LogP contribution >= 0.6 is 0 Å². The average molecular weight is 186 g/mol. The summed E-state index contributed by atoms with van der Waals surface area (Å²) in [5.74, 6) is 0. The van der Waals surface area contributed by atoms with Crippen LogP contribution in [0.15, 0.2) is 0 Å². The molecule has 0 rings (SSSR count). The molecule has 0 saturated heterocycles. The van der Waals surface area contributed by atoms with Crippen LogP contribution in [-0.4, -0.2) is 12.2 Å². The molecule has 0 bridgehead atoms. The molecule has 80 valence electrons. The minimum atomic E-state index is 0.354. The fraction of sp³-hybridized carbons (Fsp3) is 1.00. The van der Waals surface area contributed by atoms with Crippen molar-refractivity contribution in [3.63, 3.8) is 0 Å². The molecule has 1 atom stereocenters. The Morgan fingerprint density at radius 3 is 2.08 bits per heavy atom. The van der Waals surface area contributed by atoms with Gasteiger partial charge in [0.05, 0.1) is 12.2 Å². The number of hydrogen-bond acceptors (Lipinski definition) is 1. The van der Waals surface area contributed by atoms with Crippen molar-refractivity contribution in [1.29, 1.82) is 0 Å². The molecular weight excluding hydrogens is 160 g/mol. The zero-order valence-corrected chi connectivity index (χ0v) is 10.2. The van der Waals surface area contributed by atoms with Crippen molar-refractivity contribution in [2.75, 3.05) is 0 Å². The molecule has 0 saturated carbocycles. The van der Waals surface area contributed by atoms with Crippen LogP contribution in [0.2, 0.25) is 0 Å². The number of hydrogen-bond donors (Lipinski definition) is 0. The van der Waals surface area contributed by atoms with Crippen LogP contribution in [0, 0.1) is 5.41 Å². The largest absolute Gasteiger partial charge is 0.376 e. The van der Waals surface area contributed by atoms with E-state index in [1.165, 1.54) is 19.3 Å². The monoisotopic (exact) mass is 186 g/mol. The van der Waals surface area contributed by atoms with Crippen molar-refractivity contribution >= 4 is 0 Å². The molecule has 0 spiro atoms. The maximum absolute atomic E-state index is 5.73. The minimum Gasteiger partial charge on any atom is -0.376 e. The van der Waals surface area contributed by atoms with Gasteiger partial charge in [0.25, 0.3) is 0 Å². The Labute approximate surface area is 83.9 Å². The summed E-state index contributed by atoms with van der Waals surface area (Å²) in [6.45, 7) is 13.3. The van der Waals surface area contributed by atoms with Crippen LogP contribution in [0.4, 0.5) is 0 Å². The molecule has 1 heteroatoms. The SMILES string of the molecule is CCCC(C)(C)CC(C)OC(C)C. The van der Waals surface area contributed by atoms with Crippen molar-refractivity contribution in [3.8, 4) is 0 Å². The molecule has 0 aliphatic rings. The third-order valence-corrected chi connectivity index (χ3v) is 2.27. The highest BCUT2D eigenvalue weighted by Gasteiger charge is 2.20. The number of ether oxygens (including phenoxy) is 1. The molecule has 0 radical (unpaired) electrons. The third kappa shape index (κ3) is 7.06. The highest BCUT2D eigenvalue weighted by Crippen LogP contribution is 2.29. The van der Waals surface area contributed by atoms with E-state index in [4.69, 9.17) is 4.74 Å². The second-order valence-corrected chi connectivity index (χ2v) is 5.11. The van der Waals surface area contributed by atoms with Crippen LogP contribution in [0.5, 0.6) is 0 Å². The van der Waals surface area contributed by atoms with E-state index in [1.54, 1.807) is 0 Å². The Bertz CT molecular complexity index is 127. The summed E-state index contributed by atoms with van der Waals surface area (Å²) >= 11 is 0. The van der Waals surface area contributed by atoms with E-state index in [0.717, 1.165) is 0 Å². The molecule has 0 aliphatic carbocycles. The first-order valence-corrected chi connectivity index (χ1v) is 5.53. The minimum absolute atomic E-state index is 0.354. The van der Waals surface area contributed by atoms with E-state index in [-0.39, 0.29) is 0 Å². The highest BCUT2D eigenvalue weighted by molar-refractivity contribution is 4.71. The molecule has 0 aliphatic heterocycles. The van der Waals surface area contributed by atoms with Crippen molar-refractivity contribution in [2.24, 2.45) is 5.41 Å². The van der Waals surface area contributed by atoms with E-state index in [1.807, 2.05) is 0 Å². The molecule has 0 amide bonds. The van der Waals surface area contributed by atoms with Gasteiger partial charge in [-0.2, -0.15) is 0 Å². The van der Waals surface area contributed by atoms with Crippen LogP contribution in [0.25, 0.3) is 0 Å². The zero-order chi connectivity index (χ0) is 10.5. The molecule has 0 aromatic rings. The van der Waals surface area contributed by atoms with E-state index in [0.29, 0.717) is 17.6 Å². The standard InChI is InChI=1S/C12H26O/c1-7-8-12(5,6)9-11(4)13-10(2)3/h10-11H,7-9H2,1-6H3. The Balaban J connectivity index is 3.81. The molecule has 1 unspecified atom stereocenters. The molecule has 1 nitrogen and oxygen atoms in total. The molecule has 0 aromatic heterocycles. The van der Waals surface area contributed by atoms with Gasteiger partial charge in [-0.05, 0) is 39.0 Å². The maximum Gasteiger partial charge on any atom is 0.0555 e. The lowest BCUT2D eigenvalue weighted by molar-refractivity contribution is -0.00618. The molecular formula is C12H26O. The van der Waals surface area contributed by atoms with E-state index < -0.39 is 0 Å². The van der Waals surface area contributed by atoms with Gasteiger partial charge in [0, 0.05) is 0 Å². The van der Waals surface area contributed by atoms with Gasteiger partial charge in [-0.25, -0.2) is 0 Å². The lowest BCUT2D eigenvalue weighted by Crippen LogP contribution is -2.23. The van der Waals surface area contributed by atoms with Crippen molar-refractivity contribution in [1.82, 2.24) is 0 Å². The maximum atomic E-state index is 5.73. The van der Waals surface area contributed by atoms with E-state index in [9.17, 15) is 0 Å². The molecule has 0 aromatic carbocycles. The van der Waals surface area contributed by atoms with Crippen molar-refractivity contribution in [3.05, 3.63) is 0 Å². The predicted molar refractivity (Wildman–Crippen MR) is 59.0 cm³/mol. The normalized spacial score (nSPS) is 15.0. The Hall–Kier alpha value is -0.0400. The van der Waals surface area contributed by atoms with Gasteiger partial charge < -0.3 is 4.74 Å². The summed E-state index contributed by atoms with van der Waals surface area (Å²) in [6, 6.07) is 0. The molecule has 13 heavy (non-hydrogen) atoms. The highest BCUT2D eigenvalue weighted by atomic mass is 16.5. The van der Waals surface area contributed by atoms with Gasteiger partial charge in [0.2, 0.25) is 0 Å². The fourth-order valence-corrected chi connectivity index (χ4v) is 2.07. The summed E-state index contributed by atoms with van der Waals surface area (Å²) in [7, 11) is 0. The number of rotatable bonds is 6. The van der Waals surface area contributed by atoms with Crippen molar-refractivity contribution in [2.45, 2.75) is 73.0 Å².